The van der Waals surface area contributed by atoms with E-state index in [1.807, 2.05) is 37.3 Å². The number of anilines is 1. The molecule has 35 heavy (non-hydrogen) atoms. The zero-order valence-corrected chi connectivity index (χ0v) is 22.4. The molecule has 0 spiro atoms. The summed E-state index contributed by atoms with van der Waals surface area (Å²) in [7, 11) is 1.57. The molecule has 2 amide bonds. The molecule has 1 heterocycles. The summed E-state index contributed by atoms with van der Waals surface area (Å²) in [5.41, 5.74) is 2.71. The van der Waals surface area contributed by atoms with Crippen molar-refractivity contribution in [2.75, 3.05) is 23.4 Å². The quantitative estimate of drug-likeness (QED) is 0.235. The summed E-state index contributed by atoms with van der Waals surface area (Å²) < 4.78 is 6.38. The molecule has 184 valence electrons. The van der Waals surface area contributed by atoms with Crippen LogP contribution in [0.5, 0.6) is 5.75 Å². The van der Waals surface area contributed by atoms with Crippen molar-refractivity contribution < 1.29 is 14.3 Å². The SMILES string of the molecule is COc1ccccc1NC(=O)C(CCC(C)CI)CNC(=O)c1cc(C)ccc1-c1ncccn1. The zero-order valence-electron chi connectivity index (χ0n) is 20.3. The van der Waals surface area contributed by atoms with Crippen LogP contribution in [0.15, 0.2) is 60.9 Å². The minimum atomic E-state index is -0.393. The van der Waals surface area contributed by atoms with Gasteiger partial charge >= 0.3 is 0 Å². The smallest absolute Gasteiger partial charge is 0.252 e. The highest BCUT2D eigenvalue weighted by molar-refractivity contribution is 14.1. The standard InChI is InChI=1S/C27H31IN4O3/c1-18-10-12-21(25-29-13-6-14-30-25)22(15-18)27(34)31-17-20(11-9-19(2)16-28)26(33)32-23-7-4-5-8-24(23)35-3/h4-8,10,12-15,19-20H,9,11,16-17H2,1-3H3,(H,31,34)(H,32,33). The number of ether oxygens (including phenoxy) is 1. The highest BCUT2D eigenvalue weighted by Crippen LogP contribution is 2.25. The molecule has 2 unspecified atom stereocenters. The summed E-state index contributed by atoms with van der Waals surface area (Å²) in [5, 5.41) is 5.96. The number of hydrogen-bond acceptors (Lipinski definition) is 5. The molecule has 0 aliphatic heterocycles. The topological polar surface area (TPSA) is 93.2 Å². The van der Waals surface area contributed by atoms with Crippen LogP contribution >= 0.6 is 22.6 Å². The van der Waals surface area contributed by atoms with Gasteiger partial charge in [-0.3, -0.25) is 9.59 Å². The van der Waals surface area contributed by atoms with Crippen LogP contribution in [0.2, 0.25) is 0 Å². The first kappa shape index (κ1) is 26.6. The minimum absolute atomic E-state index is 0.147. The molecule has 3 rings (SSSR count). The number of halogens is 1. The van der Waals surface area contributed by atoms with Crippen molar-refractivity contribution in [1.82, 2.24) is 15.3 Å². The van der Waals surface area contributed by atoms with Gasteiger partial charge in [-0.1, -0.05) is 59.3 Å². The molecular weight excluding hydrogens is 555 g/mol. The van der Waals surface area contributed by atoms with E-state index in [-0.39, 0.29) is 18.4 Å². The Labute approximate surface area is 220 Å². The van der Waals surface area contributed by atoms with Crippen LogP contribution in [-0.4, -0.2) is 39.9 Å². The van der Waals surface area contributed by atoms with Crippen molar-refractivity contribution in [3.8, 4) is 17.1 Å². The number of rotatable bonds is 11. The van der Waals surface area contributed by atoms with Gasteiger partial charge in [0.05, 0.1) is 24.3 Å². The average Bonchev–Trinajstić information content (AvgIpc) is 2.89. The van der Waals surface area contributed by atoms with Crippen molar-refractivity contribution in [3.63, 3.8) is 0 Å². The number of amides is 2. The Morgan fingerprint density at radius 2 is 1.80 bits per heavy atom. The maximum atomic E-state index is 13.3. The molecule has 0 saturated carbocycles. The second-order valence-corrected chi connectivity index (χ2v) is 9.44. The van der Waals surface area contributed by atoms with E-state index in [1.165, 1.54) is 0 Å². The Hall–Kier alpha value is -3.01. The largest absolute Gasteiger partial charge is 0.495 e. The summed E-state index contributed by atoms with van der Waals surface area (Å²) in [4.78, 5) is 35.1. The molecule has 7 nitrogen and oxygen atoms in total. The van der Waals surface area contributed by atoms with Gasteiger partial charge in [-0.25, -0.2) is 9.97 Å². The molecule has 8 heteroatoms. The van der Waals surface area contributed by atoms with Gasteiger partial charge in [0.15, 0.2) is 5.82 Å². The molecule has 2 aromatic carbocycles. The first-order valence-corrected chi connectivity index (χ1v) is 13.1. The lowest BCUT2D eigenvalue weighted by molar-refractivity contribution is -0.120. The van der Waals surface area contributed by atoms with E-state index in [0.29, 0.717) is 40.7 Å². The number of hydrogen-bond donors (Lipinski definition) is 2. The number of carbonyl (C=O) groups excluding carboxylic acids is 2. The predicted molar refractivity (Wildman–Crippen MR) is 147 cm³/mol. The Kier molecular flexibility index (Phi) is 10.0. The lowest BCUT2D eigenvalue weighted by Crippen LogP contribution is -2.36. The van der Waals surface area contributed by atoms with Crippen molar-refractivity contribution in [1.29, 1.82) is 0 Å². The summed E-state index contributed by atoms with van der Waals surface area (Å²) in [6, 6.07) is 14.6. The van der Waals surface area contributed by atoms with Gasteiger partial charge in [-0.2, -0.15) is 0 Å². The third kappa shape index (κ3) is 7.48. The molecule has 2 atom stereocenters. The van der Waals surface area contributed by atoms with Crippen molar-refractivity contribution >= 4 is 40.1 Å². The molecule has 0 aliphatic rings. The summed E-state index contributed by atoms with van der Waals surface area (Å²) in [6.45, 7) is 4.32. The van der Waals surface area contributed by atoms with Crippen LogP contribution in [-0.2, 0) is 4.79 Å². The molecule has 0 radical (unpaired) electrons. The number of nitrogens with one attached hydrogen (secondary N) is 2. The number of nitrogens with zero attached hydrogens (tertiary/aromatic N) is 2. The number of para-hydroxylation sites is 2. The molecule has 0 fully saturated rings. The number of aromatic nitrogens is 2. The van der Waals surface area contributed by atoms with Crippen molar-refractivity contribution in [2.24, 2.45) is 11.8 Å². The Morgan fingerprint density at radius 3 is 2.51 bits per heavy atom. The Bertz CT molecular complexity index is 1140. The highest BCUT2D eigenvalue weighted by Gasteiger charge is 2.23. The van der Waals surface area contributed by atoms with Crippen LogP contribution in [0, 0.1) is 18.8 Å². The molecule has 3 aromatic rings. The fraction of sp³-hybridized carbons (Fsp3) is 0.333. The Morgan fingerprint density at radius 1 is 1.06 bits per heavy atom. The third-order valence-electron chi connectivity index (χ3n) is 5.74. The minimum Gasteiger partial charge on any atom is -0.495 e. The molecular formula is C27H31IN4O3. The van der Waals surface area contributed by atoms with Gasteiger partial charge in [-0.15, -0.1) is 0 Å². The van der Waals surface area contributed by atoms with Gasteiger partial charge in [-0.05, 0) is 49.9 Å². The van der Waals surface area contributed by atoms with Crippen LogP contribution in [0.4, 0.5) is 5.69 Å². The lowest BCUT2D eigenvalue weighted by Gasteiger charge is -2.20. The van der Waals surface area contributed by atoms with Gasteiger partial charge in [0.2, 0.25) is 5.91 Å². The van der Waals surface area contributed by atoms with E-state index in [2.05, 4.69) is 50.1 Å². The molecule has 1 aromatic heterocycles. The summed E-state index contributed by atoms with van der Waals surface area (Å²) in [5.74, 6) is 0.761. The second kappa shape index (κ2) is 13.2. The number of alkyl halides is 1. The van der Waals surface area contributed by atoms with E-state index >= 15 is 0 Å². The number of carbonyl (C=O) groups is 2. The van der Waals surface area contributed by atoms with Gasteiger partial charge in [0, 0.05) is 28.9 Å². The van der Waals surface area contributed by atoms with E-state index in [4.69, 9.17) is 4.74 Å². The molecule has 0 bridgehead atoms. The maximum absolute atomic E-state index is 13.3. The van der Waals surface area contributed by atoms with E-state index in [0.717, 1.165) is 16.4 Å². The first-order chi connectivity index (χ1) is 16.9. The van der Waals surface area contributed by atoms with Crippen LogP contribution in [0.1, 0.15) is 35.7 Å². The average molecular weight is 586 g/mol. The summed E-state index contributed by atoms with van der Waals surface area (Å²) in [6.07, 6.45) is 4.84. The molecule has 2 N–H and O–H groups in total. The van der Waals surface area contributed by atoms with E-state index in [9.17, 15) is 9.59 Å². The number of benzene rings is 2. The van der Waals surface area contributed by atoms with Crippen molar-refractivity contribution in [3.05, 3.63) is 72.1 Å². The maximum Gasteiger partial charge on any atom is 0.252 e. The van der Waals surface area contributed by atoms with Crippen LogP contribution in [0.25, 0.3) is 11.4 Å². The summed E-state index contributed by atoms with van der Waals surface area (Å²) >= 11 is 2.36. The molecule has 0 saturated heterocycles. The van der Waals surface area contributed by atoms with E-state index < -0.39 is 5.92 Å². The van der Waals surface area contributed by atoms with Crippen LogP contribution < -0.4 is 15.4 Å². The number of aryl methyl sites for hydroxylation is 1. The second-order valence-electron chi connectivity index (χ2n) is 8.55. The lowest BCUT2D eigenvalue weighted by atomic mass is 9.96. The first-order valence-electron chi connectivity index (χ1n) is 11.6. The third-order valence-corrected chi connectivity index (χ3v) is 7.25. The molecule has 0 aliphatic carbocycles. The normalized spacial score (nSPS) is 12.5. The van der Waals surface area contributed by atoms with E-state index in [1.54, 1.807) is 37.7 Å². The van der Waals surface area contributed by atoms with Gasteiger partial charge in [0.1, 0.15) is 5.75 Å². The fourth-order valence-corrected chi connectivity index (χ4v) is 4.10. The predicted octanol–water partition coefficient (Wildman–Crippen LogP) is 5.30. The fourth-order valence-electron chi connectivity index (χ4n) is 3.66. The monoisotopic (exact) mass is 586 g/mol. The Balaban J connectivity index is 1.77. The highest BCUT2D eigenvalue weighted by atomic mass is 127. The van der Waals surface area contributed by atoms with Crippen molar-refractivity contribution in [2.45, 2.75) is 26.7 Å². The van der Waals surface area contributed by atoms with Crippen LogP contribution in [0.3, 0.4) is 0 Å². The number of methoxy groups -OCH3 is 1. The van der Waals surface area contributed by atoms with Gasteiger partial charge < -0.3 is 15.4 Å². The van der Waals surface area contributed by atoms with Gasteiger partial charge in [0.25, 0.3) is 5.91 Å². The zero-order chi connectivity index (χ0) is 25.2.